The van der Waals surface area contributed by atoms with Crippen LogP contribution in [0.1, 0.15) is 21.5 Å². The van der Waals surface area contributed by atoms with E-state index < -0.39 is 5.92 Å². The van der Waals surface area contributed by atoms with E-state index in [1.54, 1.807) is 22.9 Å². The van der Waals surface area contributed by atoms with Crippen LogP contribution >= 0.6 is 0 Å². The van der Waals surface area contributed by atoms with Crippen molar-refractivity contribution < 1.29 is 45.4 Å². The molecular formula is C23H22FN3O2U. The van der Waals surface area contributed by atoms with Gasteiger partial charge in [-0.25, -0.2) is 4.39 Å². The Bertz CT molecular complexity index is 1090. The molecule has 0 aliphatic rings. The van der Waals surface area contributed by atoms with E-state index in [2.05, 4.69) is 13.0 Å². The maximum absolute atomic E-state index is 13.4. The number of rotatable bonds is 8. The second-order valence-corrected chi connectivity index (χ2v) is 6.76. The largest absolute Gasteiger partial charge is 2.00 e. The minimum atomic E-state index is -0.609. The summed E-state index contributed by atoms with van der Waals surface area (Å²) < 4.78 is 15.2. The van der Waals surface area contributed by atoms with E-state index in [4.69, 9.17) is 11.1 Å². The molecule has 1 unspecified atom stereocenters. The van der Waals surface area contributed by atoms with Gasteiger partial charge in [0, 0.05) is 53.0 Å². The predicted molar refractivity (Wildman–Crippen MR) is 112 cm³/mol. The van der Waals surface area contributed by atoms with E-state index >= 15 is 0 Å². The van der Waals surface area contributed by atoms with E-state index in [9.17, 15) is 14.3 Å². The first-order chi connectivity index (χ1) is 14.0. The molecule has 3 rings (SSSR count). The van der Waals surface area contributed by atoms with Crippen molar-refractivity contribution in [3.05, 3.63) is 84.3 Å². The average molecular weight is 629 g/mol. The van der Waals surface area contributed by atoms with Crippen molar-refractivity contribution in [2.24, 2.45) is 11.7 Å². The summed E-state index contributed by atoms with van der Waals surface area (Å²) in [6, 6.07) is 12.5. The van der Waals surface area contributed by atoms with E-state index in [1.165, 1.54) is 24.4 Å². The van der Waals surface area contributed by atoms with Crippen LogP contribution in [0.2, 0.25) is 0 Å². The molecule has 1 atom stereocenters. The van der Waals surface area contributed by atoms with Gasteiger partial charge in [-0.1, -0.05) is 18.6 Å². The zero-order chi connectivity index (χ0) is 21.0. The van der Waals surface area contributed by atoms with Gasteiger partial charge in [0.25, 0.3) is 0 Å². The molecule has 0 aliphatic heterocycles. The van der Waals surface area contributed by atoms with Gasteiger partial charge >= 0.3 is 31.1 Å². The minimum absolute atomic E-state index is 0. The van der Waals surface area contributed by atoms with Crippen molar-refractivity contribution in [1.82, 2.24) is 4.57 Å². The Morgan fingerprint density at radius 2 is 2.13 bits per heavy atom. The number of carbonyl (C=O) groups is 1. The summed E-state index contributed by atoms with van der Waals surface area (Å²) in [5.74, 6) is -1.15. The number of nitrogens with one attached hydrogen (secondary N) is 1. The number of aliphatic hydroxyl groups is 1. The number of nitrogens with two attached hydrogens (primary N) is 1. The van der Waals surface area contributed by atoms with Crippen molar-refractivity contribution in [2.45, 2.75) is 13.0 Å². The molecule has 2 aromatic carbocycles. The third kappa shape index (κ3) is 5.10. The average Bonchev–Trinajstić information content (AvgIpc) is 3.06. The summed E-state index contributed by atoms with van der Waals surface area (Å²) in [5, 5.41) is 17.6. The fourth-order valence-corrected chi connectivity index (χ4v) is 3.37. The molecule has 152 valence electrons. The van der Waals surface area contributed by atoms with Gasteiger partial charge in [-0.3, -0.25) is 4.79 Å². The topological polar surface area (TPSA) is 92.1 Å². The summed E-state index contributed by atoms with van der Waals surface area (Å²) in [4.78, 5) is 13.1. The van der Waals surface area contributed by atoms with Crippen LogP contribution in [0.3, 0.4) is 0 Å². The summed E-state index contributed by atoms with van der Waals surface area (Å²) in [6.07, 6.45) is 4.49. The molecule has 0 radical (unpaired) electrons. The first-order valence-electron chi connectivity index (χ1n) is 9.18. The SMILES string of the molecule is [CH2-]C(Cc1[c-]ccc(F)c1)C(=O)c1cn(CCO)c2cc(/C(C=N)=C/N)ccc12.[U+2]. The molecule has 1 heterocycles. The van der Waals surface area contributed by atoms with Gasteiger partial charge in [-0.2, -0.15) is 17.7 Å². The van der Waals surface area contributed by atoms with Crippen molar-refractivity contribution >= 4 is 28.5 Å². The Morgan fingerprint density at radius 3 is 2.77 bits per heavy atom. The van der Waals surface area contributed by atoms with Crippen LogP contribution in [0.25, 0.3) is 16.5 Å². The van der Waals surface area contributed by atoms with Crippen molar-refractivity contribution in [2.75, 3.05) is 6.61 Å². The third-order valence-electron chi connectivity index (χ3n) is 4.82. The zero-order valence-corrected chi connectivity index (χ0v) is 20.5. The number of carbonyl (C=O) groups excluding carboxylic acids is 1. The van der Waals surface area contributed by atoms with E-state index in [0.717, 1.165) is 22.7 Å². The Labute approximate surface area is 198 Å². The van der Waals surface area contributed by atoms with Crippen molar-refractivity contribution in [1.29, 1.82) is 5.41 Å². The van der Waals surface area contributed by atoms with Gasteiger partial charge in [0.15, 0.2) is 0 Å². The number of aromatic nitrogens is 1. The number of aliphatic hydroxyl groups excluding tert-OH is 1. The van der Waals surface area contributed by atoms with Crippen LogP contribution in [0.15, 0.2) is 48.8 Å². The minimum Gasteiger partial charge on any atom is -0.404 e. The standard InChI is InChI=1S/C23H22FN3O2.U/c1-15(9-16-3-2-4-19(24)10-16)23(29)21-14-27(7-8-28)22-11-17(5-6-20(21)22)18(12-25)13-26;/h2,4-6,10-15,25,28H,1,7-9,26H2;/q-2;+2/b18-13+,25-12?;. The fraction of sp³-hybridized carbons (Fsp3) is 0.174. The molecule has 30 heavy (non-hydrogen) atoms. The van der Waals surface area contributed by atoms with E-state index in [1.807, 2.05) is 6.07 Å². The van der Waals surface area contributed by atoms with Crippen LogP contribution in [-0.2, 0) is 13.0 Å². The van der Waals surface area contributed by atoms with Crippen LogP contribution in [0.4, 0.5) is 4.39 Å². The first kappa shape index (κ1) is 24.1. The molecule has 0 amide bonds. The summed E-state index contributed by atoms with van der Waals surface area (Å²) in [5.41, 5.74) is 8.70. The van der Waals surface area contributed by atoms with Gasteiger partial charge in [-0.05, 0) is 11.6 Å². The van der Waals surface area contributed by atoms with Gasteiger partial charge in [0.2, 0.25) is 0 Å². The molecule has 0 saturated carbocycles. The summed E-state index contributed by atoms with van der Waals surface area (Å²) in [6.45, 7) is 4.20. The molecule has 1 aromatic heterocycles. The Hall–Kier alpha value is -2.20. The quantitative estimate of drug-likeness (QED) is 0.203. The number of nitrogens with zero attached hydrogens (tertiary/aromatic N) is 1. The molecule has 0 saturated heterocycles. The fourth-order valence-electron chi connectivity index (χ4n) is 3.37. The number of ketones is 1. The number of halogens is 1. The molecule has 0 bridgehead atoms. The first-order valence-corrected chi connectivity index (χ1v) is 9.18. The predicted octanol–water partition coefficient (Wildman–Crippen LogP) is 3.40. The maximum Gasteiger partial charge on any atom is 2.00 e. The molecule has 5 nitrogen and oxygen atoms in total. The third-order valence-corrected chi connectivity index (χ3v) is 4.82. The number of hydrogen-bond acceptors (Lipinski definition) is 4. The molecule has 0 aliphatic carbocycles. The van der Waals surface area contributed by atoms with Gasteiger partial charge in [-0.15, -0.1) is 18.1 Å². The molecule has 4 N–H and O–H groups in total. The van der Waals surface area contributed by atoms with Gasteiger partial charge < -0.3 is 27.7 Å². The monoisotopic (exact) mass is 629 g/mol. The number of allylic oxidation sites excluding steroid dienone is 1. The Morgan fingerprint density at radius 1 is 1.37 bits per heavy atom. The second-order valence-electron chi connectivity index (χ2n) is 6.76. The summed E-state index contributed by atoms with van der Waals surface area (Å²) >= 11 is 0. The molecule has 3 aromatic rings. The van der Waals surface area contributed by atoms with E-state index in [-0.39, 0.29) is 55.7 Å². The maximum atomic E-state index is 13.4. The van der Waals surface area contributed by atoms with Crippen LogP contribution in [0.5, 0.6) is 0 Å². The van der Waals surface area contributed by atoms with Gasteiger partial charge in [0.1, 0.15) is 5.78 Å². The number of hydrogen-bond donors (Lipinski definition) is 3. The van der Waals surface area contributed by atoms with E-state index in [0.29, 0.717) is 23.2 Å². The smallest absolute Gasteiger partial charge is 0.404 e. The van der Waals surface area contributed by atoms with Crippen LogP contribution < -0.4 is 5.73 Å². The van der Waals surface area contributed by atoms with Crippen LogP contribution in [0, 0.1) is 61.2 Å². The Kier molecular flexibility index (Phi) is 8.60. The van der Waals surface area contributed by atoms with Crippen molar-refractivity contribution in [3.63, 3.8) is 0 Å². The number of Topliss-reactive ketones (excluding diaryl/α,β-unsaturated/α-hetero) is 1. The normalized spacial score (nSPS) is 12.4. The number of fused-ring (bicyclic) bond motifs is 1. The summed E-state index contributed by atoms with van der Waals surface area (Å²) in [7, 11) is 0. The second kappa shape index (κ2) is 10.7. The van der Waals surface area contributed by atoms with Gasteiger partial charge in [0.05, 0.1) is 6.61 Å². The van der Waals surface area contributed by atoms with Crippen molar-refractivity contribution in [3.8, 4) is 0 Å². The molecule has 7 heteroatoms. The zero-order valence-electron chi connectivity index (χ0n) is 16.4. The molecular weight excluding hydrogens is 607 g/mol. The van der Waals surface area contributed by atoms with Crippen LogP contribution in [-0.4, -0.2) is 28.3 Å². The number of benzene rings is 2. The molecule has 0 fully saturated rings. The Balaban J connectivity index is 0.00000320. The molecule has 0 spiro atoms.